The molecule has 0 saturated heterocycles. The zero-order valence-electron chi connectivity index (χ0n) is 13.4. The number of hydrogen-bond acceptors (Lipinski definition) is 4. The molecule has 0 fully saturated rings. The maximum atomic E-state index is 13.2. The van der Waals surface area contributed by atoms with Crippen molar-refractivity contribution in [2.75, 3.05) is 5.32 Å². The van der Waals surface area contributed by atoms with Crippen molar-refractivity contribution in [2.45, 2.75) is 6.18 Å². The predicted octanol–water partition coefficient (Wildman–Crippen LogP) is 3.24. The Bertz CT molecular complexity index is 983. The standard InChI is InChI=1S/C17H11F3N4O3/c18-17(19,20)14-13(16(26)27)9-22-24(14)12-3-1-11(2-4-12)23-15(25)10-5-7-21-8-6-10/h1-9H,(H,23,25)(H,26,27). The van der Waals surface area contributed by atoms with E-state index in [-0.39, 0.29) is 5.69 Å². The Morgan fingerprint density at radius 1 is 1.04 bits per heavy atom. The summed E-state index contributed by atoms with van der Waals surface area (Å²) >= 11 is 0. The average molecular weight is 376 g/mol. The fourth-order valence-corrected chi connectivity index (χ4v) is 2.37. The van der Waals surface area contributed by atoms with Crippen LogP contribution in [0.25, 0.3) is 5.69 Å². The van der Waals surface area contributed by atoms with Gasteiger partial charge in [0.05, 0.1) is 11.9 Å². The molecule has 1 amide bonds. The molecule has 0 aliphatic heterocycles. The average Bonchev–Trinajstić information content (AvgIpc) is 3.09. The highest BCUT2D eigenvalue weighted by Gasteiger charge is 2.40. The molecule has 1 aromatic carbocycles. The van der Waals surface area contributed by atoms with Crippen LogP contribution >= 0.6 is 0 Å². The zero-order chi connectivity index (χ0) is 19.6. The van der Waals surface area contributed by atoms with Crippen LogP contribution < -0.4 is 5.32 Å². The van der Waals surface area contributed by atoms with Gasteiger partial charge in [0.1, 0.15) is 5.56 Å². The maximum absolute atomic E-state index is 13.2. The second-order valence-electron chi connectivity index (χ2n) is 5.36. The molecule has 2 N–H and O–H groups in total. The second kappa shape index (κ2) is 6.90. The summed E-state index contributed by atoms with van der Waals surface area (Å²) in [5.41, 5.74) is -1.62. The van der Waals surface area contributed by atoms with Crippen molar-refractivity contribution in [1.29, 1.82) is 0 Å². The number of aromatic carboxylic acids is 1. The van der Waals surface area contributed by atoms with Gasteiger partial charge >= 0.3 is 12.1 Å². The minimum absolute atomic E-state index is 0.00302. The number of halogens is 3. The van der Waals surface area contributed by atoms with Crippen LogP contribution in [0, 0.1) is 0 Å². The van der Waals surface area contributed by atoms with E-state index in [1.54, 1.807) is 0 Å². The highest BCUT2D eigenvalue weighted by Crippen LogP contribution is 2.33. The van der Waals surface area contributed by atoms with E-state index in [2.05, 4.69) is 15.4 Å². The number of hydrogen-bond donors (Lipinski definition) is 2. The van der Waals surface area contributed by atoms with E-state index >= 15 is 0 Å². The van der Waals surface area contributed by atoms with Gasteiger partial charge in [0.25, 0.3) is 5.91 Å². The number of carboxylic acids is 1. The van der Waals surface area contributed by atoms with E-state index in [1.807, 2.05) is 0 Å². The molecule has 0 radical (unpaired) electrons. The van der Waals surface area contributed by atoms with Crippen LogP contribution in [0.15, 0.2) is 55.0 Å². The minimum atomic E-state index is -4.90. The number of amides is 1. The van der Waals surface area contributed by atoms with Gasteiger partial charge in [-0.15, -0.1) is 0 Å². The molecule has 7 nitrogen and oxygen atoms in total. The highest BCUT2D eigenvalue weighted by atomic mass is 19.4. The summed E-state index contributed by atoms with van der Waals surface area (Å²) < 4.78 is 40.2. The Morgan fingerprint density at radius 3 is 2.22 bits per heavy atom. The third kappa shape index (κ3) is 3.78. The quantitative estimate of drug-likeness (QED) is 0.729. The number of nitrogens with one attached hydrogen (secondary N) is 1. The molecular formula is C17H11F3N4O3. The van der Waals surface area contributed by atoms with Gasteiger partial charge in [-0.2, -0.15) is 18.3 Å². The Balaban J connectivity index is 1.88. The summed E-state index contributed by atoms with van der Waals surface area (Å²) in [6.45, 7) is 0. The predicted molar refractivity (Wildman–Crippen MR) is 87.7 cm³/mol. The second-order valence-corrected chi connectivity index (χ2v) is 5.36. The van der Waals surface area contributed by atoms with Crippen LogP contribution in [-0.4, -0.2) is 31.7 Å². The van der Waals surface area contributed by atoms with E-state index in [4.69, 9.17) is 5.11 Å². The molecule has 0 bridgehead atoms. The Morgan fingerprint density at radius 2 is 1.67 bits per heavy atom. The Kier molecular flexibility index (Phi) is 4.63. The fourth-order valence-electron chi connectivity index (χ4n) is 2.37. The van der Waals surface area contributed by atoms with Crippen molar-refractivity contribution < 1.29 is 27.9 Å². The number of benzene rings is 1. The Labute approximate surface area is 150 Å². The number of anilines is 1. The number of carboxylic acid groups (broad SMARTS) is 1. The van der Waals surface area contributed by atoms with Crippen LogP contribution in [0.2, 0.25) is 0 Å². The Hall–Kier alpha value is -3.69. The molecule has 0 spiro atoms. The largest absolute Gasteiger partial charge is 0.478 e. The molecule has 138 valence electrons. The molecule has 10 heteroatoms. The van der Waals surface area contributed by atoms with E-state index in [0.29, 0.717) is 22.1 Å². The third-order valence-corrected chi connectivity index (χ3v) is 3.58. The third-order valence-electron chi connectivity index (χ3n) is 3.58. The highest BCUT2D eigenvalue weighted by molar-refractivity contribution is 6.04. The summed E-state index contributed by atoms with van der Waals surface area (Å²) in [6.07, 6.45) is -1.36. The molecular weight excluding hydrogens is 365 g/mol. The van der Waals surface area contributed by atoms with Gasteiger partial charge < -0.3 is 10.4 Å². The molecule has 0 aliphatic carbocycles. The van der Waals surface area contributed by atoms with Crippen molar-refractivity contribution in [1.82, 2.24) is 14.8 Å². The molecule has 2 aromatic heterocycles. The number of nitrogens with zero attached hydrogens (tertiary/aromatic N) is 3. The van der Waals surface area contributed by atoms with Gasteiger partial charge in [0.2, 0.25) is 0 Å². The van der Waals surface area contributed by atoms with E-state index < -0.39 is 29.3 Å². The molecule has 3 aromatic rings. The van der Waals surface area contributed by atoms with Crippen LogP contribution in [0.5, 0.6) is 0 Å². The summed E-state index contributed by atoms with van der Waals surface area (Å²) in [6, 6.07) is 8.37. The maximum Gasteiger partial charge on any atom is 0.434 e. The molecule has 2 heterocycles. The molecule has 0 saturated carbocycles. The number of alkyl halides is 3. The van der Waals surface area contributed by atoms with Crippen molar-refractivity contribution in [3.63, 3.8) is 0 Å². The van der Waals surface area contributed by atoms with Crippen LogP contribution in [0.1, 0.15) is 26.4 Å². The topological polar surface area (TPSA) is 97.1 Å². The molecule has 0 unspecified atom stereocenters. The molecule has 3 rings (SSSR count). The van der Waals surface area contributed by atoms with Crippen LogP contribution in [0.4, 0.5) is 18.9 Å². The first kappa shape index (κ1) is 18.1. The summed E-state index contributed by atoms with van der Waals surface area (Å²) in [5.74, 6) is -2.14. The number of carbonyl (C=O) groups excluding carboxylic acids is 1. The monoisotopic (exact) mass is 376 g/mol. The normalized spacial score (nSPS) is 11.2. The summed E-state index contributed by atoms with van der Waals surface area (Å²) in [7, 11) is 0. The van der Waals surface area contributed by atoms with Gasteiger partial charge in [0, 0.05) is 23.6 Å². The molecule has 0 atom stereocenters. The van der Waals surface area contributed by atoms with Gasteiger partial charge in [-0.1, -0.05) is 0 Å². The van der Waals surface area contributed by atoms with Crippen molar-refractivity contribution in [3.05, 3.63) is 71.8 Å². The van der Waals surface area contributed by atoms with Gasteiger partial charge in [-0.05, 0) is 36.4 Å². The smallest absolute Gasteiger partial charge is 0.434 e. The van der Waals surface area contributed by atoms with E-state index in [1.165, 1.54) is 48.8 Å². The zero-order valence-corrected chi connectivity index (χ0v) is 13.4. The summed E-state index contributed by atoms with van der Waals surface area (Å²) in [5, 5.41) is 15.1. The van der Waals surface area contributed by atoms with Crippen LogP contribution in [-0.2, 0) is 6.18 Å². The number of aromatic nitrogens is 3. The first-order valence-electron chi connectivity index (χ1n) is 7.47. The number of rotatable bonds is 4. The lowest BCUT2D eigenvalue weighted by atomic mass is 10.2. The lowest BCUT2D eigenvalue weighted by Crippen LogP contribution is -2.17. The van der Waals surface area contributed by atoms with Crippen molar-refractivity contribution in [2.24, 2.45) is 0 Å². The van der Waals surface area contributed by atoms with Crippen LogP contribution in [0.3, 0.4) is 0 Å². The van der Waals surface area contributed by atoms with Gasteiger partial charge in [-0.3, -0.25) is 9.78 Å². The molecule has 27 heavy (non-hydrogen) atoms. The van der Waals surface area contributed by atoms with Gasteiger partial charge in [-0.25, -0.2) is 9.48 Å². The SMILES string of the molecule is O=C(Nc1ccc(-n2ncc(C(=O)O)c2C(F)(F)F)cc1)c1ccncc1. The van der Waals surface area contributed by atoms with Crippen molar-refractivity contribution >= 4 is 17.6 Å². The first-order valence-corrected chi connectivity index (χ1v) is 7.47. The van der Waals surface area contributed by atoms with E-state index in [0.717, 1.165) is 0 Å². The minimum Gasteiger partial charge on any atom is -0.478 e. The van der Waals surface area contributed by atoms with Crippen molar-refractivity contribution in [3.8, 4) is 5.69 Å². The summed E-state index contributed by atoms with van der Waals surface area (Å²) in [4.78, 5) is 26.9. The molecule has 0 aliphatic rings. The lowest BCUT2D eigenvalue weighted by molar-refractivity contribution is -0.143. The lowest BCUT2D eigenvalue weighted by Gasteiger charge is -2.12. The number of pyridine rings is 1. The fraction of sp³-hybridized carbons (Fsp3) is 0.0588. The number of carbonyl (C=O) groups is 2. The first-order chi connectivity index (χ1) is 12.8. The van der Waals surface area contributed by atoms with E-state index in [9.17, 15) is 22.8 Å². The van der Waals surface area contributed by atoms with Gasteiger partial charge in [0.15, 0.2) is 5.69 Å².